The third-order valence-corrected chi connectivity index (χ3v) is 11.0. The zero-order valence-electron chi connectivity index (χ0n) is 18.9. The van der Waals surface area contributed by atoms with Crippen LogP contribution in [0.4, 0.5) is 0 Å². The number of rotatable bonds is 4. The first-order valence-corrected chi connectivity index (χ1v) is 13.2. The predicted octanol–water partition coefficient (Wildman–Crippen LogP) is 1.73. The van der Waals surface area contributed by atoms with Crippen LogP contribution in [0.3, 0.4) is 0 Å². The summed E-state index contributed by atoms with van der Waals surface area (Å²) in [6.07, 6.45) is 9.04. The molecule has 0 aromatic rings. The minimum atomic E-state index is -3.66. The lowest BCUT2D eigenvalue weighted by Crippen LogP contribution is -2.67. The molecule has 4 rings (SSSR count). The summed E-state index contributed by atoms with van der Waals surface area (Å²) >= 11 is 0. The monoisotopic (exact) mass is 453 g/mol. The molecule has 2 atom stereocenters. The summed E-state index contributed by atoms with van der Waals surface area (Å²) in [6.45, 7) is 3.06. The van der Waals surface area contributed by atoms with Crippen LogP contribution >= 0.6 is 0 Å². The third-order valence-electron chi connectivity index (χ3n) is 8.23. The molecule has 31 heavy (non-hydrogen) atoms. The predicted molar refractivity (Wildman–Crippen MR) is 116 cm³/mol. The van der Waals surface area contributed by atoms with Crippen molar-refractivity contribution in [2.75, 3.05) is 7.05 Å². The van der Waals surface area contributed by atoms with Crippen LogP contribution < -0.4 is 5.32 Å². The molecule has 2 saturated heterocycles. The fourth-order valence-electron chi connectivity index (χ4n) is 6.04. The Labute approximate surface area is 185 Å². The summed E-state index contributed by atoms with van der Waals surface area (Å²) < 4.78 is 24.6. The van der Waals surface area contributed by atoms with Crippen molar-refractivity contribution in [3.63, 3.8) is 0 Å². The van der Waals surface area contributed by atoms with Gasteiger partial charge in [0.15, 0.2) is 9.84 Å². The van der Waals surface area contributed by atoms with E-state index in [1.165, 1.54) is 30.1 Å². The van der Waals surface area contributed by atoms with Crippen molar-refractivity contribution in [1.29, 1.82) is 0 Å². The van der Waals surface area contributed by atoms with Gasteiger partial charge in [-0.1, -0.05) is 38.5 Å². The molecular formula is C22H35N3O5S. The number of carbonyl (C=O) groups excluding carboxylic acids is 3. The highest BCUT2D eigenvalue weighted by atomic mass is 32.2. The largest absolute Gasteiger partial charge is 0.351 e. The lowest BCUT2D eigenvalue weighted by molar-refractivity contribution is -0.160. The first kappa shape index (κ1) is 22.6. The van der Waals surface area contributed by atoms with Crippen LogP contribution in [0.5, 0.6) is 0 Å². The summed E-state index contributed by atoms with van der Waals surface area (Å²) in [5, 5.41) is 2.28. The van der Waals surface area contributed by atoms with E-state index >= 15 is 0 Å². The molecule has 0 radical (unpaired) electrons. The molecule has 1 N–H and O–H groups in total. The Kier molecular flexibility index (Phi) is 5.63. The van der Waals surface area contributed by atoms with Gasteiger partial charge in [0.05, 0.1) is 11.2 Å². The normalized spacial score (nSPS) is 31.5. The summed E-state index contributed by atoms with van der Waals surface area (Å²) in [6, 6.07) is -0.955. The van der Waals surface area contributed by atoms with Crippen LogP contribution in [0.2, 0.25) is 0 Å². The minimum absolute atomic E-state index is 0.0629. The van der Waals surface area contributed by atoms with Crippen LogP contribution in [0, 0.1) is 0 Å². The highest BCUT2D eigenvalue weighted by Gasteiger charge is 2.68. The second kappa shape index (κ2) is 7.74. The molecule has 2 saturated carbocycles. The van der Waals surface area contributed by atoms with Crippen molar-refractivity contribution in [2.45, 2.75) is 112 Å². The van der Waals surface area contributed by atoms with E-state index in [1.54, 1.807) is 7.05 Å². The maximum absolute atomic E-state index is 13.8. The maximum Gasteiger partial charge on any atom is 0.247 e. The molecule has 8 nitrogen and oxygen atoms in total. The molecule has 4 aliphatic rings. The van der Waals surface area contributed by atoms with Gasteiger partial charge in [-0.05, 0) is 39.5 Å². The number of sulfone groups is 1. The van der Waals surface area contributed by atoms with Gasteiger partial charge < -0.3 is 15.1 Å². The van der Waals surface area contributed by atoms with Gasteiger partial charge >= 0.3 is 0 Å². The van der Waals surface area contributed by atoms with Crippen molar-refractivity contribution in [2.24, 2.45) is 0 Å². The molecule has 2 aliphatic carbocycles. The minimum Gasteiger partial charge on any atom is -0.351 e. The first-order valence-electron chi connectivity index (χ1n) is 11.7. The number of nitrogens with zero attached hydrogens (tertiary/aromatic N) is 2. The van der Waals surface area contributed by atoms with E-state index in [4.69, 9.17) is 0 Å². The van der Waals surface area contributed by atoms with Crippen molar-refractivity contribution in [3.05, 3.63) is 0 Å². The van der Waals surface area contributed by atoms with Crippen molar-refractivity contribution in [3.8, 4) is 0 Å². The first-order chi connectivity index (χ1) is 14.5. The topological polar surface area (TPSA) is 104 Å². The fourth-order valence-corrected chi connectivity index (χ4v) is 8.17. The number of likely N-dealkylation sites (N-methyl/N-ethyl adjacent to an activating group) is 1. The second-order valence-electron chi connectivity index (χ2n) is 10.3. The molecule has 9 heteroatoms. The highest BCUT2D eigenvalue weighted by Crippen LogP contribution is 2.47. The molecular weight excluding hydrogens is 418 g/mol. The van der Waals surface area contributed by atoms with Gasteiger partial charge in [-0.15, -0.1) is 0 Å². The third kappa shape index (κ3) is 3.29. The van der Waals surface area contributed by atoms with Gasteiger partial charge in [0.1, 0.15) is 17.0 Å². The number of β-lactam (4-membered cyclic amide) rings is 1. The standard InChI is InChI=1S/C22H35N3O5S/c1-21(2)18(25-16(26)14-17(25)31(21,29)30)19(27)24(3)22(12-8-5-9-13-22)20(28)23-15-10-6-4-7-11-15/h15,17-18H,4-14H2,1-3H3,(H,23,28)/t17-,18+/m0/s1. The Hall–Kier alpha value is -1.64. The SMILES string of the molecule is CN(C(=O)[C@H]1N2C(=O)C[C@@H]2S(=O)(=O)C1(C)C)C1(C(=O)NC2CCCCC2)CCCCC1. The van der Waals surface area contributed by atoms with Crippen LogP contribution in [-0.2, 0) is 24.2 Å². The number of hydrogen-bond acceptors (Lipinski definition) is 5. The van der Waals surface area contributed by atoms with E-state index in [1.807, 2.05) is 0 Å². The van der Waals surface area contributed by atoms with Gasteiger partial charge in [-0.3, -0.25) is 14.4 Å². The summed E-state index contributed by atoms with van der Waals surface area (Å²) in [4.78, 5) is 42.3. The quantitative estimate of drug-likeness (QED) is 0.653. The van der Waals surface area contributed by atoms with Crippen molar-refractivity contribution < 1.29 is 22.8 Å². The second-order valence-corrected chi connectivity index (χ2v) is 13.0. The Morgan fingerprint density at radius 3 is 2.19 bits per heavy atom. The average Bonchev–Trinajstić information content (AvgIpc) is 2.87. The van der Waals surface area contributed by atoms with E-state index in [-0.39, 0.29) is 24.3 Å². The van der Waals surface area contributed by atoms with Crippen molar-refractivity contribution >= 4 is 27.6 Å². The van der Waals surface area contributed by atoms with E-state index in [9.17, 15) is 22.8 Å². The summed E-state index contributed by atoms with van der Waals surface area (Å²) in [5.41, 5.74) is -0.987. The highest BCUT2D eigenvalue weighted by molar-refractivity contribution is 7.93. The molecule has 4 fully saturated rings. The maximum atomic E-state index is 13.8. The van der Waals surface area contributed by atoms with Gasteiger partial charge in [0.2, 0.25) is 17.7 Å². The number of amides is 3. The van der Waals surface area contributed by atoms with E-state index in [0.29, 0.717) is 12.8 Å². The lowest BCUT2D eigenvalue weighted by atomic mass is 9.78. The number of hydrogen-bond donors (Lipinski definition) is 1. The summed E-state index contributed by atoms with van der Waals surface area (Å²) in [7, 11) is -2.04. The molecule has 3 amide bonds. The zero-order chi connectivity index (χ0) is 22.6. The Morgan fingerprint density at radius 1 is 1.03 bits per heavy atom. The molecule has 2 heterocycles. The van der Waals surface area contributed by atoms with Gasteiger partial charge in [0.25, 0.3) is 0 Å². The number of nitrogens with one attached hydrogen (secondary N) is 1. The molecule has 0 bridgehead atoms. The van der Waals surface area contributed by atoms with Crippen LogP contribution in [0.1, 0.15) is 84.5 Å². The molecule has 0 spiro atoms. The number of fused-ring (bicyclic) bond motifs is 1. The molecule has 174 valence electrons. The average molecular weight is 454 g/mol. The molecule has 2 aliphatic heterocycles. The molecule has 0 aromatic carbocycles. The number of carbonyl (C=O) groups is 3. The van der Waals surface area contributed by atoms with E-state index in [2.05, 4.69) is 5.32 Å². The van der Waals surface area contributed by atoms with Crippen molar-refractivity contribution in [1.82, 2.24) is 15.1 Å². The van der Waals surface area contributed by atoms with Crippen LogP contribution in [0.15, 0.2) is 0 Å². The smallest absolute Gasteiger partial charge is 0.247 e. The van der Waals surface area contributed by atoms with E-state index in [0.717, 1.165) is 44.9 Å². The Bertz CT molecular complexity index is 872. The Morgan fingerprint density at radius 2 is 1.61 bits per heavy atom. The lowest BCUT2D eigenvalue weighted by Gasteiger charge is -2.47. The zero-order valence-corrected chi connectivity index (χ0v) is 19.7. The molecule has 0 unspecified atom stereocenters. The fraction of sp³-hybridized carbons (Fsp3) is 0.864. The van der Waals surface area contributed by atoms with Gasteiger partial charge in [0, 0.05) is 13.1 Å². The summed E-state index contributed by atoms with van der Waals surface area (Å²) in [5.74, 6) is -0.875. The van der Waals surface area contributed by atoms with E-state index < -0.39 is 37.4 Å². The van der Waals surface area contributed by atoms with Gasteiger partial charge in [-0.2, -0.15) is 0 Å². The van der Waals surface area contributed by atoms with Crippen LogP contribution in [0.25, 0.3) is 0 Å². The van der Waals surface area contributed by atoms with Crippen LogP contribution in [-0.4, -0.2) is 70.7 Å². The Balaban J connectivity index is 1.62. The van der Waals surface area contributed by atoms with Gasteiger partial charge in [-0.25, -0.2) is 8.42 Å². The molecule has 0 aromatic heterocycles.